The van der Waals surface area contributed by atoms with Crippen molar-refractivity contribution in [2.24, 2.45) is 0 Å². The Morgan fingerprint density at radius 1 is 1.08 bits per heavy atom. The molecule has 1 saturated heterocycles. The van der Waals surface area contributed by atoms with E-state index in [1.54, 1.807) is 12.1 Å². The lowest BCUT2D eigenvalue weighted by Crippen LogP contribution is -2.49. The van der Waals surface area contributed by atoms with Gasteiger partial charge in [0.2, 0.25) is 0 Å². The van der Waals surface area contributed by atoms with Crippen LogP contribution in [0.1, 0.15) is 55.7 Å². The molecule has 1 unspecified atom stereocenters. The summed E-state index contributed by atoms with van der Waals surface area (Å²) >= 11 is 0. The molecule has 0 radical (unpaired) electrons. The first kappa shape index (κ1) is 26.5. The van der Waals surface area contributed by atoms with Crippen LogP contribution in [0, 0.1) is 24.0 Å². The Morgan fingerprint density at radius 3 is 2.41 bits per heavy atom. The quantitative estimate of drug-likeness (QED) is 0.280. The summed E-state index contributed by atoms with van der Waals surface area (Å²) in [4.78, 5) is 31.9. The smallest absolute Gasteiger partial charge is 0.269 e. The number of nitro groups is 1. The maximum Gasteiger partial charge on any atom is 0.269 e. The molecular formula is C28H34N8O3. The molecule has 11 nitrogen and oxygen atoms in total. The number of H-pyrrole nitrogens is 1. The fourth-order valence-corrected chi connectivity index (χ4v) is 5.21. The first-order valence-electron chi connectivity index (χ1n) is 13.3. The molecule has 11 heteroatoms. The van der Waals surface area contributed by atoms with Crippen molar-refractivity contribution >= 4 is 22.3 Å². The number of nitrogens with zero attached hydrogens (tertiary/aromatic N) is 7. The Labute approximate surface area is 226 Å². The zero-order valence-electron chi connectivity index (χ0n) is 23.0. The molecule has 204 valence electrons. The lowest BCUT2D eigenvalue weighted by molar-refractivity contribution is -0.384. The highest BCUT2D eigenvalue weighted by molar-refractivity contribution is 5.83. The van der Waals surface area contributed by atoms with Gasteiger partial charge in [0.1, 0.15) is 6.04 Å². The zero-order valence-corrected chi connectivity index (χ0v) is 23.0. The molecule has 4 aromatic rings. The van der Waals surface area contributed by atoms with Gasteiger partial charge in [-0.2, -0.15) is 0 Å². The molecule has 1 fully saturated rings. The van der Waals surface area contributed by atoms with Crippen LogP contribution in [-0.4, -0.2) is 61.2 Å². The summed E-state index contributed by atoms with van der Waals surface area (Å²) in [5.41, 5.74) is 4.15. The van der Waals surface area contributed by atoms with Gasteiger partial charge >= 0.3 is 0 Å². The van der Waals surface area contributed by atoms with Crippen LogP contribution in [0.4, 0.5) is 11.4 Å². The van der Waals surface area contributed by atoms with E-state index in [9.17, 15) is 14.9 Å². The molecule has 0 spiro atoms. The van der Waals surface area contributed by atoms with Gasteiger partial charge in [0, 0.05) is 49.6 Å². The van der Waals surface area contributed by atoms with Crippen LogP contribution < -0.4 is 10.5 Å². The number of nitrogens with one attached hydrogen (secondary N) is 1. The topological polar surface area (TPSA) is 126 Å². The zero-order chi connectivity index (χ0) is 27.9. The van der Waals surface area contributed by atoms with E-state index in [0.29, 0.717) is 37.6 Å². The van der Waals surface area contributed by atoms with Gasteiger partial charge in [-0.05, 0) is 79.3 Å². The number of anilines is 1. The van der Waals surface area contributed by atoms with Crippen molar-refractivity contribution in [2.45, 2.75) is 52.6 Å². The molecule has 1 aliphatic heterocycles. The summed E-state index contributed by atoms with van der Waals surface area (Å²) in [5.74, 6) is 0.638. The van der Waals surface area contributed by atoms with Crippen molar-refractivity contribution < 1.29 is 4.92 Å². The van der Waals surface area contributed by atoms with Gasteiger partial charge in [-0.1, -0.05) is 19.1 Å². The van der Waals surface area contributed by atoms with E-state index in [0.717, 1.165) is 34.1 Å². The Kier molecular flexibility index (Phi) is 6.94. The SMILES string of the molecule is CCC(C)(C)n1nnnc1C(c1cc2ccc(C)c(C)c2[nH]c1=O)N1CCN(c2ccc([N+](=O)[O-])cc2)CC1. The molecule has 1 N–H and O–H groups in total. The number of aromatic nitrogens is 5. The number of non-ortho nitro benzene ring substituents is 1. The number of pyridine rings is 1. The predicted molar refractivity (Wildman–Crippen MR) is 150 cm³/mol. The summed E-state index contributed by atoms with van der Waals surface area (Å²) < 4.78 is 1.85. The van der Waals surface area contributed by atoms with Crippen LogP contribution in [0.2, 0.25) is 0 Å². The van der Waals surface area contributed by atoms with Gasteiger partial charge in [-0.15, -0.1) is 5.10 Å². The molecule has 2 aromatic carbocycles. The number of nitro benzene ring substituents is 1. The van der Waals surface area contributed by atoms with Crippen molar-refractivity contribution in [3.05, 3.63) is 85.4 Å². The van der Waals surface area contributed by atoms with Crippen LogP contribution >= 0.6 is 0 Å². The molecule has 3 heterocycles. The number of hydrogen-bond donors (Lipinski definition) is 1. The van der Waals surface area contributed by atoms with E-state index < -0.39 is 11.0 Å². The number of tetrazole rings is 1. The number of rotatable bonds is 7. The second-order valence-electron chi connectivity index (χ2n) is 10.8. The van der Waals surface area contributed by atoms with Gasteiger partial charge in [0.05, 0.1) is 16.0 Å². The van der Waals surface area contributed by atoms with Gasteiger partial charge in [-0.3, -0.25) is 19.8 Å². The molecule has 1 atom stereocenters. The Balaban J connectivity index is 1.54. The lowest BCUT2D eigenvalue weighted by Gasteiger charge is -2.40. The molecule has 1 aliphatic rings. The van der Waals surface area contributed by atoms with Crippen molar-refractivity contribution in [3.63, 3.8) is 0 Å². The fraction of sp³-hybridized carbons (Fsp3) is 0.429. The van der Waals surface area contributed by atoms with Gasteiger partial charge in [0.25, 0.3) is 11.2 Å². The Hall–Kier alpha value is -4.12. The van der Waals surface area contributed by atoms with E-state index in [1.807, 2.05) is 30.7 Å². The maximum absolute atomic E-state index is 13.7. The maximum atomic E-state index is 13.7. The highest BCUT2D eigenvalue weighted by Gasteiger charge is 2.35. The summed E-state index contributed by atoms with van der Waals surface area (Å²) in [6.45, 7) is 13.0. The van der Waals surface area contributed by atoms with Crippen LogP contribution in [0.25, 0.3) is 10.9 Å². The number of aromatic amines is 1. The van der Waals surface area contributed by atoms with Crippen molar-refractivity contribution in [2.75, 3.05) is 31.1 Å². The molecule has 2 aromatic heterocycles. The van der Waals surface area contributed by atoms with Crippen LogP contribution in [0.5, 0.6) is 0 Å². The van der Waals surface area contributed by atoms with Crippen molar-refractivity contribution in [1.82, 2.24) is 30.1 Å². The summed E-state index contributed by atoms with van der Waals surface area (Å²) in [5, 5.41) is 24.9. The highest BCUT2D eigenvalue weighted by Crippen LogP contribution is 2.32. The largest absolute Gasteiger partial charge is 0.369 e. The minimum Gasteiger partial charge on any atom is -0.369 e. The van der Waals surface area contributed by atoms with E-state index in [-0.39, 0.29) is 16.8 Å². The van der Waals surface area contributed by atoms with Crippen molar-refractivity contribution in [1.29, 1.82) is 0 Å². The predicted octanol–water partition coefficient (Wildman–Crippen LogP) is 4.10. The molecule has 39 heavy (non-hydrogen) atoms. The molecule has 0 amide bonds. The van der Waals surface area contributed by atoms with E-state index in [4.69, 9.17) is 0 Å². The number of piperazine rings is 1. The van der Waals surface area contributed by atoms with Crippen LogP contribution in [-0.2, 0) is 5.54 Å². The number of hydrogen-bond acceptors (Lipinski definition) is 8. The van der Waals surface area contributed by atoms with Gasteiger partial charge < -0.3 is 9.88 Å². The third-order valence-corrected chi connectivity index (χ3v) is 8.16. The summed E-state index contributed by atoms with van der Waals surface area (Å²) in [6, 6.07) is 12.3. The molecule has 5 rings (SSSR count). The summed E-state index contributed by atoms with van der Waals surface area (Å²) in [7, 11) is 0. The van der Waals surface area contributed by atoms with Crippen molar-refractivity contribution in [3.8, 4) is 0 Å². The van der Waals surface area contributed by atoms with Gasteiger partial charge in [-0.25, -0.2) is 4.68 Å². The average molecular weight is 531 g/mol. The monoisotopic (exact) mass is 530 g/mol. The molecule has 0 aliphatic carbocycles. The average Bonchev–Trinajstić information content (AvgIpc) is 3.43. The van der Waals surface area contributed by atoms with E-state index in [2.05, 4.69) is 57.1 Å². The molecule has 0 saturated carbocycles. The molecule has 0 bridgehead atoms. The second-order valence-corrected chi connectivity index (χ2v) is 10.8. The van der Waals surface area contributed by atoms with E-state index >= 15 is 0 Å². The second kappa shape index (κ2) is 10.2. The third kappa shape index (κ3) is 4.89. The minimum atomic E-state index is -0.445. The Morgan fingerprint density at radius 2 is 1.77 bits per heavy atom. The normalized spacial score (nSPS) is 15.6. The number of fused-ring (bicyclic) bond motifs is 1. The van der Waals surface area contributed by atoms with Crippen LogP contribution in [0.3, 0.4) is 0 Å². The van der Waals surface area contributed by atoms with E-state index in [1.165, 1.54) is 12.1 Å². The number of aryl methyl sites for hydroxylation is 2. The lowest BCUT2D eigenvalue weighted by atomic mass is 9.97. The minimum absolute atomic E-state index is 0.0729. The Bertz CT molecular complexity index is 1570. The fourth-order valence-electron chi connectivity index (χ4n) is 5.21. The third-order valence-electron chi connectivity index (χ3n) is 8.16. The summed E-state index contributed by atoms with van der Waals surface area (Å²) in [6.07, 6.45) is 0.818. The van der Waals surface area contributed by atoms with Gasteiger partial charge in [0.15, 0.2) is 5.82 Å². The molecular weight excluding hydrogens is 496 g/mol. The first-order valence-corrected chi connectivity index (χ1v) is 13.3. The number of benzene rings is 2. The van der Waals surface area contributed by atoms with Crippen LogP contribution in [0.15, 0.2) is 47.3 Å². The highest BCUT2D eigenvalue weighted by atomic mass is 16.6. The first-order chi connectivity index (χ1) is 18.6. The standard InChI is InChI=1S/C28H34N8O3/c1-6-28(4,5)35-26(30-31-32-35)25(23-17-20-8-7-18(2)19(3)24(20)29-27(23)37)34-15-13-33(14-16-34)21-9-11-22(12-10-21)36(38)39/h7-12,17,25H,6,13-16H2,1-5H3,(H,29,37).